The van der Waals surface area contributed by atoms with Crippen molar-refractivity contribution in [2.24, 2.45) is 5.16 Å². The van der Waals surface area contributed by atoms with Gasteiger partial charge in [-0.15, -0.1) is 0 Å². The third-order valence-corrected chi connectivity index (χ3v) is 4.85. The molecule has 0 saturated heterocycles. The molecule has 172 valence electrons. The van der Waals surface area contributed by atoms with E-state index in [2.05, 4.69) is 10.3 Å². The van der Waals surface area contributed by atoms with Crippen molar-refractivity contribution in [3.8, 4) is 5.69 Å². The monoisotopic (exact) mass is 472 g/mol. The number of ether oxygens (including phenoxy) is 1. The maximum Gasteiger partial charge on any atom is 1.00 e. The maximum absolute atomic E-state index is 12.3. The van der Waals surface area contributed by atoms with Crippen molar-refractivity contribution in [1.29, 1.82) is 0 Å². The second-order valence-corrected chi connectivity index (χ2v) is 7.06. The van der Waals surface area contributed by atoms with Crippen LogP contribution in [0.2, 0.25) is 0 Å². The molecule has 0 fully saturated rings. The van der Waals surface area contributed by atoms with Gasteiger partial charge in [0.25, 0.3) is 0 Å². The molecule has 1 amide bonds. The quantitative estimate of drug-likeness (QED) is 0.172. The number of amides is 1. The summed E-state index contributed by atoms with van der Waals surface area (Å²) in [7, 11) is 1.28. The molecule has 2 aromatic carbocycles. The van der Waals surface area contributed by atoms with Gasteiger partial charge in [-0.05, 0) is 47.9 Å². The molecule has 0 aliphatic carbocycles. The molecule has 0 saturated carbocycles. The topological polar surface area (TPSA) is 109 Å². The van der Waals surface area contributed by atoms with Crippen LogP contribution in [0, 0.1) is 0 Å². The van der Waals surface area contributed by atoms with Gasteiger partial charge in [0.15, 0.2) is 0 Å². The number of carboxylic acid groups (broad SMARTS) is 1. The summed E-state index contributed by atoms with van der Waals surface area (Å²) in [5, 5.41) is 19.3. The molecule has 3 aromatic rings. The Balaban J connectivity index is 0.00000408. The van der Waals surface area contributed by atoms with E-state index in [0.717, 1.165) is 17.0 Å². The van der Waals surface area contributed by atoms with E-state index in [9.17, 15) is 14.7 Å². The fourth-order valence-corrected chi connectivity index (χ4v) is 3.24. The number of carbonyl (C=O) groups is 2. The van der Waals surface area contributed by atoms with E-state index in [1.165, 1.54) is 12.0 Å². The predicted octanol–water partition coefficient (Wildman–Crippen LogP) is -0.428. The number of carbonyl (C=O) groups excluding carboxylic acids is 2. The van der Waals surface area contributed by atoms with Crippen LogP contribution in [0.25, 0.3) is 5.69 Å². The summed E-state index contributed by atoms with van der Waals surface area (Å²) < 4.78 is 6.63. The number of benzene rings is 2. The Bertz CT molecular complexity index is 1100. The number of oxime groups is 1. The van der Waals surface area contributed by atoms with Crippen LogP contribution in [0.5, 0.6) is 0 Å². The van der Waals surface area contributed by atoms with E-state index in [1.54, 1.807) is 35.1 Å². The molecule has 1 aromatic heterocycles. The van der Waals surface area contributed by atoms with E-state index < -0.39 is 12.1 Å². The molecule has 1 heterocycles. The molecule has 0 radical (unpaired) electrons. The number of anilines is 1. The summed E-state index contributed by atoms with van der Waals surface area (Å²) in [5.41, 5.74) is 3.65. The van der Waals surface area contributed by atoms with E-state index >= 15 is 0 Å². The van der Waals surface area contributed by atoms with Gasteiger partial charge in [-0.2, -0.15) is 5.10 Å². The average Bonchev–Trinajstić information content (AvgIpc) is 3.36. The summed E-state index contributed by atoms with van der Waals surface area (Å²) in [6, 6.07) is 16.3. The van der Waals surface area contributed by atoms with Crippen molar-refractivity contribution in [1.82, 2.24) is 9.78 Å². The molecule has 0 N–H and O–H groups in total. The summed E-state index contributed by atoms with van der Waals surface area (Å²) in [6.45, 7) is 2.27. The first kappa shape index (κ1) is 27.1. The molecule has 0 atom stereocenters. The Morgan fingerprint density at radius 2 is 1.91 bits per heavy atom. The smallest absolute Gasteiger partial charge is 0.550 e. The van der Waals surface area contributed by atoms with Crippen LogP contribution in [0.1, 0.15) is 24.5 Å². The number of hydrogen-bond donors (Lipinski definition) is 0. The molecule has 0 unspecified atom stereocenters. The van der Waals surface area contributed by atoms with Gasteiger partial charge in [-0.3, -0.25) is 4.90 Å². The molecular formula is C24H25N4NaO5. The fraction of sp³-hybridized carbons (Fsp3) is 0.250. The van der Waals surface area contributed by atoms with Gasteiger partial charge in [-0.25, -0.2) is 9.48 Å². The SMILES string of the molecule is CC/C(=N\OCCN(C(=O)OC)c1cccc(CC(=O)[O-])c1)c1ccc(-n2cccn2)cc1.[Na+]. The Morgan fingerprint density at radius 1 is 1.15 bits per heavy atom. The van der Waals surface area contributed by atoms with E-state index in [0.29, 0.717) is 17.7 Å². The Morgan fingerprint density at radius 3 is 2.53 bits per heavy atom. The summed E-state index contributed by atoms with van der Waals surface area (Å²) in [4.78, 5) is 30.0. The molecule has 3 rings (SSSR count). The zero-order valence-corrected chi connectivity index (χ0v) is 21.5. The number of hydrogen-bond acceptors (Lipinski definition) is 7. The normalized spacial score (nSPS) is 10.8. The van der Waals surface area contributed by atoms with Crippen LogP contribution in [0.4, 0.5) is 10.5 Å². The maximum atomic E-state index is 12.3. The van der Waals surface area contributed by atoms with Crippen LogP contribution in [0.15, 0.2) is 72.1 Å². The van der Waals surface area contributed by atoms with Gasteiger partial charge in [0, 0.05) is 30.5 Å². The predicted molar refractivity (Wildman–Crippen MR) is 121 cm³/mol. The molecule has 34 heavy (non-hydrogen) atoms. The van der Waals surface area contributed by atoms with Crippen molar-refractivity contribution in [2.75, 3.05) is 25.2 Å². The molecule has 0 aliphatic heterocycles. The first-order valence-corrected chi connectivity index (χ1v) is 10.5. The van der Waals surface area contributed by atoms with Crippen LogP contribution in [0.3, 0.4) is 0 Å². The third-order valence-electron chi connectivity index (χ3n) is 4.85. The van der Waals surface area contributed by atoms with Gasteiger partial charge in [0.05, 0.1) is 25.1 Å². The Kier molecular flexibility index (Phi) is 10.8. The molecule has 0 aliphatic rings. The Hall–Kier alpha value is -3.14. The zero-order valence-electron chi connectivity index (χ0n) is 19.5. The molecule has 9 nitrogen and oxygen atoms in total. The largest absolute Gasteiger partial charge is 1.00 e. The van der Waals surface area contributed by atoms with Gasteiger partial charge in [0.2, 0.25) is 0 Å². The van der Waals surface area contributed by atoms with Gasteiger partial charge in [-0.1, -0.05) is 36.3 Å². The van der Waals surface area contributed by atoms with E-state index in [4.69, 9.17) is 9.57 Å². The third kappa shape index (κ3) is 7.44. The van der Waals surface area contributed by atoms with Crippen LogP contribution in [-0.4, -0.2) is 47.8 Å². The minimum Gasteiger partial charge on any atom is -0.550 e. The first-order chi connectivity index (χ1) is 16.0. The second-order valence-electron chi connectivity index (χ2n) is 7.06. The number of carboxylic acids is 1. The number of aromatic nitrogens is 2. The van der Waals surface area contributed by atoms with Crippen molar-refractivity contribution in [2.45, 2.75) is 19.8 Å². The summed E-state index contributed by atoms with van der Waals surface area (Å²) >= 11 is 0. The fourth-order valence-electron chi connectivity index (χ4n) is 3.24. The standard InChI is InChI=1S/C24H26N4O5.Na/c1-3-22(19-8-10-20(11-9-19)28-13-5-12-25-28)26-33-15-14-27(24(31)32-2)21-7-4-6-18(16-21)17-23(29)30;/h4-13,16H,3,14-15,17H2,1-2H3,(H,29,30);/q;+1/p-1/b26-22+;. The number of methoxy groups -OCH3 is 1. The van der Waals surface area contributed by atoms with E-state index in [1.807, 2.05) is 43.5 Å². The zero-order chi connectivity index (χ0) is 23.6. The van der Waals surface area contributed by atoms with Crippen LogP contribution < -0.4 is 39.6 Å². The summed E-state index contributed by atoms with van der Waals surface area (Å²) in [5.74, 6) is -1.20. The van der Waals surface area contributed by atoms with Crippen molar-refractivity contribution in [3.05, 3.63) is 78.1 Å². The first-order valence-electron chi connectivity index (χ1n) is 10.5. The minimum absolute atomic E-state index is 0. The molecule has 0 spiro atoms. The molecular weight excluding hydrogens is 447 g/mol. The van der Waals surface area contributed by atoms with Crippen LogP contribution in [-0.2, 0) is 20.8 Å². The molecule has 0 bridgehead atoms. The average molecular weight is 472 g/mol. The van der Waals surface area contributed by atoms with Crippen LogP contribution >= 0.6 is 0 Å². The van der Waals surface area contributed by atoms with Gasteiger partial charge in [0.1, 0.15) is 6.61 Å². The van der Waals surface area contributed by atoms with Crippen molar-refractivity contribution in [3.63, 3.8) is 0 Å². The van der Waals surface area contributed by atoms with Crippen molar-refractivity contribution < 1.29 is 53.8 Å². The second kappa shape index (κ2) is 13.5. The number of rotatable bonds is 10. The number of aliphatic carboxylic acids is 1. The summed E-state index contributed by atoms with van der Waals surface area (Å²) in [6.07, 6.45) is 3.42. The number of nitrogens with zero attached hydrogens (tertiary/aromatic N) is 4. The molecule has 10 heteroatoms. The van der Waals surface area contributed by atoms with Crippen molar-refractivity contribution >= 4 is 23.5 Å². The van der Waals surface area contributed by atoms with Gasteiger partial charge >= 0.3 is 35.7 Å². The minimum atomic E-state index is -1.20. The van der Waals surface area contributed by atoms with Gasteiger partial charge < -0.3 is 19.5 Å². The Labute approximate surface area is 220 Å². The van der Waals surface area contributed by atoms with E-state index in [-0.39, 0.29) is 49.1 Å².